The molecule has 0 heterocycles. The number of anilines is 1. The predicted octanol–water partition coefficient (Wildman–Crippen LogP) is 3.85. The lowest BCUT2D eigenvalue weighted by Gasteiger charge is -2.25. The molecule has 0 unspecified atom stereocenters. The van der Waals surface area contributed by atoms with Crippen LogP contribution in [0, 0.1) is 0 Å². The van der Waals surface area contributed by atoms with Gasteiger partial charge in [-0.2, -0.15) is 0 Å². The number of nitrogens with zero attached hydrogens (tertiary/aromatic N) is 1. The molecule has 0 fully saturated rings. The highest BCUT2D eigenvalue weighted by Gasteiger charge is 2.20. The Bertz CT molecular complexity index is 1010. The van der Waals surface area contributed by atoms with E-state index in [0.29, 0.717) is 16.8 Å². The first kappa shape index (κ1) is 23.4. The summed E-state index contributed by atoms with van der Waals surface area (Å²) in [7, 11) is -1.51. The quantitative estimate of drug-likeness (QED) is 0.748. The van der Waals surface area contributed by atoms with Crippen LogP contribution in [0.4, 0.5) is 10.5 Å². The maximum atomic E-state index is 12.6. The van der Waals surface area contributed by atoms with E-state index in [1.807, 2.05) is 12.1 Å². The second-order valence-corrected chi connectivity index (χ2v) is 10.4. The number of para-hydroxylation sites is 1. The van der Waals surface area contributed by atoms with E-state index in [9.17, 15) is 18.0 Å². The minimum absolute atomic E-state index is 0.0747. The van der Waals surface area contributed by atoms with Gasteiger partial charge in [-0.25, -0.2) is 13.2 Å². The molecular formula is C22H28N2O5S. The number of hydrogen-bond donors (Lipinski definition) is 1. The summed E-state index contributed by atoms with van der Waals surface area (Å²) in [6, 6.07) is 13.6. The summed E-state index contributed by atoms with van der Waals surface area (Å²) >= 11 is 0. The Kier molecular flexibility index (Phi) is 7.25. The van der Waals surface area contributed by atoms with Gasteiger partial charge in [-0.1, -0.05) is 30.3 Å². The Labute approximate surface area is 178 Å². The lowest BCUT2D eigenvalue weighted by atomic mass is 10.1. The summed E-state index contributed by atoms with van der Waals surface area (Å²) in [4.78, 5) is 26.3. The van der Waals surface area contributed by atoms with Crippen LogP contribution in [0.15, 0.2) is 48.5 Å². The molecule has 0 atom stereocenters. The molecule has 7 nitrogen and oxygen atoms in total. The molecule has 2 amide bonds. The molecular weight excluding hydrogens is 404 g/mol. The van der Waals surface area contributed by atoms with Gasteiger partial charge in [0.15, 0.2) is 9.84 Å². The number of sulfone groups is 1. The van der Waals surface area contributed by atoms with Crippen molar-refractivity contribution in [2.75, 3.05) is 18.6 Å². The zero-order valence-electron chi connectivity index (χ0n) is 17.9. The van der Waals surface area contributed by atoms with Crippen LogP contribution in [-0.4, -0.2) is 44.2 Å². The van der Waals surface area contributed by atoms with Crippen molar-refractivity contribution in [3.8, 4) is 0 Å². The first-order chi connectivity index (χ1) is 13.8. The number of carbonyl (C=O) groups excluding carboxylic acids is 2. The Morgan fingerprint density at radius 3 is 2.20 bits per heavy atom. The molecule has 2 aromatic carbocycles. The maximum absolute atomic E-state index is 12.6. The van der Waals surface area contributed by atoms with Crippen molar-refractivity contribution < 1.29 is 22.7 Å². The van der Waals surface area contributed by atoms with Gasteiger partial charge in [0.05, 0.1) is 12.3 Å². The van der Waals surface area contributed by atoms with Crippen molar-refractivity contribution in [2.24, 2.45) is 0 Å². The van der Waals surface area contributed by atoms with E-state index in [2.05, 4.69) is 5.32 Å². The number of ether oxygens (including phenoxy) is 1. The molecule has 0 aliphatic carbocycles. The van der Waals surface area contributed by atoms with Gasteiger partial charge in [-0.05, 0) is 50.1 Å². The third kappa shape index (κ3) is 7.51. The number of carbonyl (C=O) groups is 2. The van der Waals surface area contributed by atoms with Crippen LogP contribution in [0.1, 0.15) is 42.3 Å². The SMILES string of the molecule is CN(Cc1ccccc1NC(=O)c1ccc(CS(C)(=O)=O)cc1)C(=O)OC(C)(C)C. The molecule has 0 aliphatic rings. The van der Waals surface area contributed by atoms with Crippen LogP contribution in [-0.2, 0) is 26.9 Å². The van der Waals surface area contributed by atoms with Crippen LogP contribution < -0.4 is 5.32 Å². The van der Waals surface area contributed by atoms with E-state index in [0.717, 1.165) is 5.56 Å². The van der Waals surface area contributed by atoms with Gasteiger partial charge >= 0.3 is 6.09 Å². The first-order valence-electron chi connectivity index (χ1n) is 9.44. The number of hydrogen-bond acceptors (Lipinski definition) is 5. The molecule has 0 aromatic heterocycles. The number of benzene rings is 2. The van der Waals surface area contributed by atoms with Crippen LogP contribution >= 0.6 is 0 Å². The second-order valence-electron chi connectivity index (χ2n) is 8.21. The Morgan fingerprint density at radius 1 is 1.03 bits per heavy atom. The molecule has 0 spiro atoms. The first-order valence-corrected chi connectivity index (χ1v) is 11.5. The van der Waals surface area contributed by atoms with E-state index in [1.165, 1.54) is 11.2 Å². The number of amides is 2. The predicted molar refractivity (Wildman–Crippen MR) is 117 cm³/mol. The Morgan fingerprint density at radius 2 is 1.63 bits per heavy atom. The Hall–Kier alpha value is -2.87. The zero-order chi connectivity index (χ0) is 22.5. The topological polar surface area (TPSA) is 92.8 Å². The third-order valence-electron chi connectivity index (χ3n) is 4.02. The molecule has 30 heavy (non-hydrogen) atoms. The lowest BCUT2D eigenvalue weighted by Crippen LogP contribution is -2.34. The minimum Gasteiger partial charge on any atom is -0.444 e. The van der Waals surface area contributed by atoms with Crippen molar-refractivity contribution in [3.05, 3.63) is 65.2 Å². The van der Waals surface area contributed by atoms with E-state index >= 15 is 0 Å². The summed E-state index contributed by atoms with van der Waals surface area (Å²) in [5.41, 5.74) is 1.77. The number of rotatable bonds is 6. The lowest BCUT2D eigenvalue weighted by molar-refractivity contribution is 0.0285. The van der Waals surface area contributed by atoms with Crippen molar-refractivity contribution in [1.82, 2.24) is 4.90 Å². The molecule has 0 radical (unpaired) electrons. The minimum atomic E-state index is -3.14. The molecule has 2 rings (SSSR count). The van der Waals surface area contributed by atoms with Gasteiger partial charge in [0.2, 0.25) is 0 Å². The summed E-state index contributed by atoms with van der Waals surface area (Å²) in [5, 5.41) is 2.85. The average molecular weight is 433 g/mol. The van der Waals surface area contributed by atoms with Crippen LogP contribution in [0.2, 0.25) is 0 Å². The van der Waals surface area contributed by atoms with Gasteiger partial charge in [-0.3, -0.25) is 4.79 Å². The van der Waals surface area contributed by atoms with Crippen molar-refractivity contribution in [3.63, 3.8) is 0 Å². The van der Waals surface area contributed by atoms with Crippen molar-refractivity contribution >= 4 is 27.5 Å². The fraction of sp³-hybridized carbons (Fsp3) is 0.364. The third-order valence-corrected chi connectivity index (χ3v) is 4.88. The van der Waals surface area contributed by atoms with Gasteiger partial charge in [0.1, 0.15) is 5.60 Å². The highest BCUT2D eigenvalue weighted by molar-refractivity contribution is 7.89. The van der Waals surface area contributed by atoms with Crippen molar-refractivity contribution in [2.45, 2.75) is 38.7 Å². The molecule has 0 aliphatic heterocycles. The fourth-order valence-corrected chi connectivity index (χ4v) is 3.49. The molecule has 0 bridgehead atoms. The summed E-state index contributed by atoms with van der Waals surface area (Å²) in [5.74, 6) is -0.400. The van der Waals surface area contributed by atoms with E-state index in [4.69, 9.17) is 4.74 Å². The zero-order valence-corrected chi connectivity index (χ0v) is 18.7. The summed E-state index contributed by atoms with van der Waals surface area (Å²) < 4.78 is 28.2. The summed E-state index contributed by atoms with van der Waals surface area (Å²) in [6.07, 6.45) is 0.712. The fourth-order valence-electron chi connectivity index (χ4n) is 2.69. The highest BCUT2D eigenvalue weighted by atomic mass is 32.2. The largest absolute Gasteiger partial charge is 0.444 e. The maximum Gasteiger partial charge on any atom is 0.410 e. The van der Waals surface area contributed by atoms with Crippen LogP contribution in [0.25, 0.3) is 0 Å². The van der Waals surface area contributed by atoms with Crippen LogP contribution in [0.5, 0.6) is 0 Å². The van der Waals surface area contributed by atoms with Gasteiger partial charge in [0, 0.05) is 24.6 Å². The molecule has 162 valence electrons. The van der Waals surface area contributed by atoms with Crippen LogP contribution in [0.3, 0.4) is 0 Å². The van der Waals surface area contributed by atoms with Gasteiger partial charge < -0.3 is 15.0 Å². The molecule has 2 aromatic rings. The van der Waals surface area contributed by atoms with Gasteiger partial charge in [-0.15, -0.1) is 0 Å². The average Bonchev–Trinajstić information content (AvgIpc) is 2.61. The van der Waals surface area contributed by atoms with E-state index in [-0.39, 0.29) is 18.2 Å². The Balaban J connectivity index is 2.10. The molecule has 1 N–H and O–H groups in total. The van der Waals surface area contributed by atoms with E-state index in [1.54, 1.807) is 64.2 Å². The monoisotopic (exact) mass is 432 g/mol. The summed E-state index contributed by atoms with van der Waals surface area (Å²) in [6.45, 7) is 5.66. The highest BCUT2D eigenvalue weighted by Crippen LogP contribution is 2.19. The van der Waals surface area contributed by atoms with Crippen molar-refractivity contribution in [1.29, 1.82) is 0 Å². The standard InChI is InChI=1S/C22H28N2O5S/c1-22(2,3)29-21(26)24(4)14-18-8-6-7-9-19(18)23-20(25)17-12-10-16(11-13-17)15-30(5,27)28/h6-13H,14-15H2,1-5H3,(H,23,25). The molecule has 8 heteroatoms. The second kappa shape index (κ2) is 9.30. The number of nitrogens with one attached hydrogen (secondary N) is 1. The molecule has 0 saturated heterocycles. The van der Waals surface area contributed by atoms with E-state index < -0.39 is 21.5 Å². The smallest absolute Gasteiger partial charge is 0.410 e. The molecule has 0 saturated carbocycles. The normalized spacial score (nSPS) is 11.6. The van der Waals surface area contributed by atoms with Gasteiger partial charge in [0.25, 0.3) is 5.91 Å².